The van der Waals surface area contributed by atoms with Crippen LogP contribution in [0.3, 0.4) is 0 Å². The molecular weight excluding hydrogens is 346 g/mol. The summed E-state index contributed by atoms with van der Waals surface area (Å²) in [5.74, 6) is 1.51. The van der Waals surface area contributed by atoms with Gasteiger partial charge in [0, 0.05) is 18.0 Å². The largest absolute Gasteiger partial charge is 0.493 e. The molecule has 0 saturated carbocycles. The van der Waals surface area contributed by atoms with Gasteiger partial charge in [-0.15, -0.1) is 0 Å². The Morgan fingerprint density at radius 2 is 1.92 bits per heavy atom. The van der Waals surface area contributed by atoms with Crippen LogP contribution in [0.25, 0.3) is 0 Å². The number of rotatable bonds is 4. The van der Waals surface area contributed by atoms with Crippen molar-refractivity contribution in [3.8, 4) is 11.5 Å². The van der Waals surface area contributed by atoms with Crippen molar-refractivity contribution in [2.75, 3.05) is 20.8 Å². The van der Waals surface area contributed by atoms with E-state index in [-0.39, 0.29) is 12.1 Å². The lowest BCUT2D eigenvalue weighted by molar-refractivity contribution is 0.316. The normalized spacial score (nSPS) is 24.4. The Bertz CT molecular complexity index is 840. The van der Waals surface area contributed by atoms with Crippen LogP contribution in [0.15, 0.2) is 41.5 Å². The Morgan fingerprint density at radius 3 is 2.62 bits per heavy atom. The van der Waals surface area contributed by atoms with Crippen molar-refractivity contribution in [2.45, 2.75) is 31.2 Å². The fourth-order valence-corrected chi connectivity index (χ4v) is 4.86. The van der Waals surface area contributed by atoms with E-state index in [9.17, 15) is 0 Å². The summed E-state index contributed by atoms with van der Waals surface area (Å²) in [7, 11) is 3.35. The number of pyridine rings is 1. The number of aliphatic imine (C=N–C) groups is 1. The minimum Gasteiger partial charge on any atom is -0.493 e. The predicted molar refractivity (Wildman–Crippen MR) is 105 cm³/mol. The van der Waals surface area contributed by atoms with Crippen LogP contribution in [0, 0.1) is 6.92 Å². The molecule has 136 valence electrons. The van der Waals surface area contributed by atoms with E-state index in [4.69, 9.17) is 14.5 Å². The molecule has 1 fully saturated rings. The molecule has 26 heavy (non-hydrogen) atoms. The maximum atomic E-state index is 5.56. The Labute approximate surface area is 158 Å². The molecule has 2 aromatic rings. The quantitative estimate of drug-likeness (QED) is 0.815. The number of aromatic nitrogens is 1. The van der Waals surface area contributed by atoms with E-state index < -0.39 is 0 Å². The fraction of sp³-hybridized carbons (Fsp3) is 0.400. The number of hydrogen-bond acceptors (Lipinski definition) is 6. The van der Waals surface area contributed by atoms with Crippen LogP contribution in [0.5, 0.6) is 11.5 Å². The minimum absolute atomic E-state index is 0.0111. The van der Waals surface area contributed by atoms with Crippen LogP contribution < -0.4 is 9.47 Å². The van der Waals surface area contributed by atoms with Crippen molar-refractivity contribution < 1.29 is 9.47 Å². The first kappa shape index (κ1) is 17.2. The van der Waals surface area contributed by atoms with Gasteiger partial charge in [0.15, 0.2) is 16.7 Å². The van der Waals surface area contributed by atoms with E-state index in [1.165, 1.54) is 11.1 Å². The molecule has 1 aromatic carbocycles. The van der Waals surface area contributed by atoms with Crippen LogP contribution >= 0.6 is 11.8 Å². The van der Waals surface area contributed by atoms with E-state index >= 15 is 0 Å². The van der Waals surface area contributed by atoms with Gasteiger partial charge >= 0.3 is 0 Å². The molecule has 3 heterocycles. The summed E-state index contributed by atoms with van der Waals surface area (Å²) in [6.45, 7) is 5.36. The highest BCUT2D eigenvalue weighted by Gasteiger charge is 2.44. The summed E-state index contributed by atoms with van der Waals surface area (Å²) in [5.41, 5.74) is 3.39. The Kier molecular flexibility index (Phi) is 4.53. The summed E-state index contributed by atoms with van der Waals surface area (Å²) in [4.78, 5) is 12.0. The molecule has 3 atom stereocenters. The molecule has 0 unspecified atom stereocenters. The van der Waals surface area contributed by atoms with Crippen LogP contribution in [-0.2, 0) is 0 Å². The van der Waals surface area contributed by atoms with Crippen LogP contribution in [0.2, 0.25) is 0 Å². The molecule has 6 heteroatoms. The van der Waals surface area contributed by atoms with Crippen LogP contribution in [0.1, 0.15) is 35.8 Å². The van der Waals surface area contributed by atoms with Gasteiger partial charge in [0.1, 0.15) is 6.04 Å². The number of amidine groups is 1. The van der Waals surface area contributed by atoms with Gasteiger partial charge in [0.25, 0.3) is 0 Å². The van der Waals surface area contributed by atoms with Gasteiger partial charge in [0.2, 0.25) is 0 Å². The zero-order chi connectivity index (χ0) is 18.3. The Balaban J connectivity index is 1.82. The smallest absolute Gasteiger partial charge is 0.161 e. The first-order valence-corrected chi connectivity index (χ1v) is 9.65. The molecule has 4 rings (SSSR count). The van der Waals surface area contributed by atoms with Gasteiger partial charge in [-0.1, -0.05) is 24.8 Å². The summed E-state index contributed by atoms with van der Waals surface area (Å²) in [6, 6.07) is 10.3. The Morgan fingerprint density at radius 1 is 1.15 bits per heavy atom. The van der Waals surface area contributed by atoms with E-state index in [1.54, 1.807) is 14.2 Å². The summed E-state index contributed by atoms with van der Waals surface area (Å²) in [5, 5.41) is 1.66. The number of ether oxygens (including phenoxy) is 2. The molecule has 0 aliphatic carbocycles. The second kappa shape index (κ2) is 6.83. The van der Waals surface area contributed by atoms with Gasteiger partial charge < -0.3 is 14.4 Å². The lowest BCUT2D eigenvalue weighted by Crippen LogP contribution is -2.29. The maximum Gasteiger partial charge on any atom is 0.161 e. The number of nitrogens with zero attached hydrogens (tertiary/aromatic N) is 3. The summed E-state index contributed by atoms with van der Waals surface area (Å²) < 4.78 is 11.0. The molecule has 0 spiro atoms. The standard InChI is InChI=1S/C20H23N3O2S/c1-12-9-16(24-3)17(25-4)10-14(12)19-18(15-7-5-6-8-21-15)22-20-23(19)11-13(2)26-20/h5-10,13,18-19H,11H2,1-4H3/t13-,18-,19-/m0/s1. The first-order chi connectivity index (χ1) is 12.6. The van der Waals surface area contributed by atoms with Crippen LogP contribution in [0.4, 0.5) is 0 Å². The Hall–Kier alpha value is -2.21. The molecule has 0 bridgehead atoms. The number of fused-ring (bicyclic) bond motifs is 1. The van der Waals surface area contributed by atoms with Crippen molar-refractivity contribution in [1.29, 1.82) is 0 Å². The molecule has 0 N–H and O–H groups in total. The number of thioether (sulfide) groups is 1. The van der Waals surface area contributed by atoms with Crippen molar-refractivity contribution in [3.05, 3.63) is 53.3 Å². The number of benzene rings is 1. The van der Waals surface area contributed by atoms with Gasteiger partial charge in [-0.25, -0.2) is 0 Å². The van der Waals surface area contributed by atoms with Gasteiger partial charge in [-0.3, -0.25) is 9.98 Å². The molecule has 2 aliphatic rings. The number of methoxy groups -OCH3 is 2. The van der Waals surface area contributed by atoms with E-state index in [2.05, 4.69) is 35.9 Å². The lowest BCUT2D eigenvalue weighted by atomic mass is 9.92. The molecule has 1 saturated heterocycles. The second-order valence-corrected chi connectivity index (χ2v) is 8.11. The zero-order valence-corrected chi connectivity index (χ0v) is 16.3. The minimum atomic E-state index is -0.0111. The highest BCUT2D eigenvalue weighted by molar-refractivity contribution is 8.14. The third kappa shape index (κ3) is 2.82. The third-order valence-electron chi connectivity index (χ3n) is 4.97. The maximum absolute atomic E-state index is 5.56. The summed E-state index contributed by atoms with van der Waals surface area (Å²) in [6.07, 6.45) is 1.84. The van der Waals surface area contributed by atoms with Gasteiger partial charge in [-0.2, -0.15) is 0 Å². The van der Waals surface area contributed by atoms with Crippen molar-refractivity contribution in [2.24, 2.45) is 4.99 Å². The monoisotopic (exact) mass is 369 g/mol. The SMILES string of the molecule is COc1cc(C)c([C@H]2[C@H](c3ccccn3)N=C3S[C@@H](C)CN32)cc1OC. The average molecular weight is 369 g/mol. The molecule has 1 aromatic heterocycles. The van der Waals surface area contributed by atoms with Crippen molar-refractivity contribution in [3.63, 3.8) is 0 Å². The van der Waals surface area contributed by atoms with Crippen molar-refractivity contribution >= 4 is 16.9 Å². The average Bonchev–Trinajstić information content (AvgIpc) is 3.18. The number of aryl methyl sites for hydroxylation is 1. The van der Waals surface area contributed by atoms with Crippen LogP contribution in [-0.4, -0.2) is 41.1 Å². The highest BCUT2D eigenvalue weighted by Crippen LogP contribution is 2.49. The predicted octanol–water partition coefficient (Wildman–Crippen LogP) is 4.00. The first-order valence-electron chi connectivity index (χ1n) is 8.77. The topological polar surface area (TPSA) is 47.0 Å². The third-order valence-corrected chi connectivity index (χ3v) is 6.07. The molecule has 0 radical (unpaired) electrons. The molecular formula is C20H23N3O2S. The van der Waals surface area contributed by atoms with Crippen molar-refractivity contribution in [1.82, 2.24) is 9.88 Å². The molecule has 5 nitrogen and oxygen atoms in total. The highest BCUT2D eigenvalue weighted by atomic mass is 32.2. The van der Waals surface area contributed by atoms with E-state index in [1.807, 2.05) is 36.2 Å². The second-order valence-electron chi connectivity index (χ2n) is 6.70. The molecule has 2 aliphatic heterocycles. The summed E-state index contributed by atoms with van der Waals surface area (Å²) >= 11 is 1.85. The van der Waals surface area contributed by atoms with E-state index in [0.717, 1.165) is 28.9 Å². The van der Waals surface area contributed by atoms with E-state index in [0.29, 0.717) is 5.25 Å². The zero-order valence-electron chi connectivity index (χ0n) is 15.5. The number of hydrogen-bond donors (Lipinski definition) is 0. The fourth-order valence-electron chi connectivity index (χ4n) is 3.77. The van der Waals surface area contributed by atoms with Gasteiger partial charge in [0.05, 0.1) is 26.0 Å². The van der Waals surface area contributed by atoms with Gasteiger partial charge in [-0.05, 0) is 42.3 Å². The molecule has 0 amide bonds. The lowest BCUT2D eigenvalue weighted by Gasteiger charge is -2.29.